The van der Waals surface area contributed by atoms with E-state index in [9.17, 15) is 23.1 Å². The standard InChI is InChI=1S/C20H18N2O7S/c23-15-4-1-13-11-17(20(25)29-18(13)12-15)19(24)21-14-2-5-16(6-3-14)30(26,27)22-7-9-28-10-8-22/h1-6,11-12,23H,7-10H2,(H,21,24). The van der Waals surface area contributed by atoms with E-state index in [2.05, 4.69) is 5.32 Å². The predicted octanol–water partition coefficient (Wildman–Crippen LogP) is 1.77. The van der Waals surface area contributed by atoms with Crippen LogP contribution in [0.5, 0.6) is 5.75 Å². The SMILES string of the molecule is O=C(Nc1ccc(S(=O)(=O)N2CCOCC2)cc1)c1cc2ccc(O)cc2oc1=O. The van der Waals surface area contributed by atoms with E-state index in [0.717, 1.165) is 0 Å². The van der Waals surface area contributed by atoms with Gasteiger partial charge in [-0.05, 0) is 42.5 Å². The first-order valence-corrected chi connectivity index (χ1v) is 10.5. The number of anilines is 1. The molecule has 0 bridgehead atoms. The Morgan fingerprint density at radius 1 is 1.03 bits per heavy atom. The highest BCUT2D eigenvalue weighted by molar-refractivity contribution is 7.89. The average molecular weight is 430 g/mol. The molecule has 0 unspecified atom stereocenters. The molecule has 0 aliphatic carbocycles. The normalized spacial score (nSPS) is 15.2. The number of aromatic hydroxyl groups is 1. The third-order valence-corrected chi connectivity index (χ3v) is 6.60. The molecule has 2 N–H and O–H groups in total. The van der Waals surface area contributed by atoms with Crippen LogP contribution < -0.4 is 10.9 Å². The Hall–Kier alpha value is -3.21. The molecule has 0 atom stereocenters. The van der Waals surface area contributed by atoms with Crippen LogP contribution in [0.15, 0.2) is 62.6 Å². The van der Waals surface area contributed by atoms with Gasteiger partial charge in [0.05, 0.1) is 18.1 Å². The summed E-state index contributed by atoms with van der Waals surface area (Å²) in [6, 6.07) is 11.3. The second kappa shape index (κ2) is 7.90. The molecule has 2 aromatic carbocycles. The fraction of sp³-hybridized carbons (Fsp3) is 0.200. The molecule has 1 fully saturated rings. The van der Waals surface area contributed by atoms with Crippen molar-refractivity contribution in [3.05, 3.63) is 64.5 Å². The van der Waals surface area contributed by atoms with Crippen LogP contribution in [0.2, 0.25) is 0 Å². The number of rotatable bonds is 4. The van der Waals surface area contributed by atoms with Crippen LogP contribution in [0, 0.1) is 0 Å². The molecule has 1 aromatic heterocycles. The van der Waals surface area contributed by atoms with E-state index >= 15 is 0 Å². The summed E-state index contributed by atoms with van der Waals surface area (Å²) in [5.41, 5.74) is -0.573. The lowest BCUT2D eigenvalue weighted by Gasteiger charge is -2.26. The first-order valence-electron chi connectivity index (χ1n) is 9.11. The van der Waals surface area contributed by atoms with E-state index in [1.807, 2.05) is 0 Å². The summed E-state index contributed by atoms with van der Waals surface area (Å²) >= 11 is 0. The number of morpholine rings is 1. The van der Waals surface area contributed by atoms with E-state index in [-0.39, 0.29) is 34.9 Å². The third kappa shape index (κ3) is 3.92. The van der Waals surface area contributed by atoms with Crippen LogP contribution in [0.3, 0.4) is 0 Å². The van der Waals surface area contributed by atoms with Crippen LogP contribution in [-0.2, 0) is 14.8 Å². The van der Waals surface area contributed by atoms with Crippen LogP contribution in [0.25, 0.3) is 11.0 Å². The van der Waals surface area contributed by atoms with Crippen LogP contribution in [0.4, 0.5) is 5.69 Å². The van der Waals surface area contributed by atoms with Gasteiger partial charge in [0, 0.05) is 30.2 Å². The number of carbonyl (C=O) groups excluding carboxylic acids is 1. The predicted molar refractivity (Wildman–Crippen MR) is 108 cm³/mol. The molecule has 10 heteroatoms. The summed E-state index contributed by atoms with van der Waals surface area (Å²) in [6.45, 7) is 1.27. The number of amides is 1. The topological polar surface area (TPSA) is 126 Å². The van der Waals surface area contributed by atoms with Crippen molar-refractivity contribution in [3.8, 4) is 5.75 Å². The molecule has 0 spiro atoms. The number of benzene rings is 2. The van der Waals surface area contributed by atoms with Gasteiger partial charge in [0.25, 0.3) is 5.91 Å². The lowest BCUT2D eigenvalue weighted by Crippen LogP contribution is -2.40. The first kappa shape index (κ1) is 20.1. The van der Waals surface area contributed by atoms with Gasteiger partial charge in [0.1, 0.15) is 16.9 Å². The first-order chi connectivity index (χ1) is 14.3. The average Bonchev–Trinajstić information content (AvgIpc) is 2.74. The lowest BCUT2D eigenvalue weighted by atomic mass is 10.1. The molecule has 156 valence electrons. The largest absolute Gasteiger partial charge is 0.508 e. The fourth-order valence-electron chi connectivity index (χ4n) is 3.10. The second-order valence-corrected chi connectivity index (χ2v) is 8.60. The van der Waals surface area contributed by atoms with Crippen LogP contribution >= 0.6 is 0 Å². The maximum Gasteiger partial charge on any atom is 0.349 e. The number of ether oxygens (including phenoxy) is 1. The molecule has 2 heterocycles. The summed E-state index contributed by atoms with van der Waals surface area (Å²) in [5.74, 6) is -0.752. The Morgan fingerprint density at radius 3 is 2.43 bits per heavy atom. The van der Waals surface area contributed by atoms with E-state index in [1.54, 1.807) is 0 Å². The van der Waals surface area contributed by atoms with Gasteiger partial charge < -0.3 is 19.6 Å². The molecule has 1 amide bonds. The number of phenols is 1. The van der Waals surface area contributed by atoms with Gasteiger partial charge in [-0.3, -0.25) is 4.79 Å². The minimum Gasteiger partial charge on any atom is -0.508 e. The fourth-order valence-corrected chi connectivity index (χ4v) is 4.51. The van der Waals surface area contributed by atoms with Gasteiger partial charge >= 0.3 is 5.63 Å². The molecule has 0 saturated carbocycles. The third-order valence-electron chi connectivity index (χ3n) is 4.68. The Labute approximate surface area is 171 Å². The minimum atomic E-state index is -3.64. The molecule has 1 aliphatic heterocycles. The molecule has 4 rings (SSSR count). The molecule has 3 aromatic rings. The summed E-state index contributed by atoms with van der Waals surface area (Å²) in [4.78, 5) is 24.8. The lowest BCUT2D eigenvalue weighted by molar-refractivity contribution is 0.0730. The van der Waals surface area contributed by atoms with Crippen molar-refractivity contribution in [2.45, 2.75) is 4.90 Å². The van der Waals surface area contributed by atoms with Gasteiger partial charge in [-0.1, -0.05) is 0 Å². The maximum atomic E-state index is 12.6. The van der Waals surface area contributed by atoms with Crippen molar-refractivity contribution in [3.63, 3.8) is 0 Å². The summed E-state index contributed by atoms with van der Waals surface area (Å²) in [6.07, 6.45) is 0. The number of sulfonamides is 1. The van der Waals surface area contributed by atoms with Gasteiger partial charge in [0.15, 0.2) is 0 Å². The zero-order chi connectivity index (χ0) is 21.3. The molecular formula is C20H18N2O7S. The molecule has 30 heavy (non-hydrogen) atoms. The van der Waals surface area contributed by atoms with Crippen molar-refractivity contribution in [1.82, 2.24) is 4.31 Å². The Morgan fingerprint density at radius 2 is 1.73 bits per heavy atom. The summed E-state index contributed by atoms with van der Waals surface area (Å²) in [7, 11) is -3.64. The van der Waals surface area contributed by atoms with Crippen molar-refractivity contribution < 1.29 is 27.5 Å². The number of hydrogen-bond acceptors (Lipinski definition) is 7. The van der Waals surface area contributed by atoms with E-state index in [4.69, 9.17) is 9.15 Å². The Balaban J connectivity index is 1.54. The monoisotopic (exact) mass is 430 g/mol. The van der Waals surface area contributed by atoms with Crippen molar-refractivity contribution in [1.29, 1.82) is 0 Å². The van der Waals surface area contributed by atoms with E-state index in [0.29, 0.717) is 24.3 Å². The Bertz CT molecular complexity index is 1260. The number of nitrogens with one attached hydrogen (secondary N) is 1. The zero-order valence-electron chi connectivity index (χ0n) is 15.7. The molecule has 0 radical (unpaired) electrons. The van der Waals surface area contributed by atoms with Crippen molar-refractivity contribution >= 4 is 32.6 Å². The highest BCUT2D eigenvalue weighted by Gasteiger charge is 2.26. The highest BCUT2D eigenvalue weighted by atomic mass is 32.2. The summed E-state index contributed by atoms with van der Waals surface area (Å²) in [5, 5.41) is 12.5. The molecular weight excluding hydrogens is 412 g/mol. The van der Waals surface area contributed by atoms with E-state index in [1.165, 1.54) is 52.8 Å². The number of phenolic OH excluding ortho intramolecular Hbond substituents is 1. The van der Waals surface area contributed by atoms with Crippen LogP contribution in [-0.4, -0.2) is 50.0 Å². The zero-order valence-corrected chi connectivity index (χ0v) is 16.5. The molecule has 1 saturated heterocycles. The van der Waals surface area contributed by atoms with Crippen molar-refractivity contribution in [2.24, 2.45) is 0 Å². The van der Waals surface area contributed by atoms with Gasteiger partial charge in [0.2, 0.25) is 10.0 Å². The van der Waals surface area contributed by atoms with Crippen molar-refractivity contribution in [2.75, 3.05) is 31.6 Å². The number of nitrogens with zero attached hydrogens (tertiary/aromatic N) is 1. The molecule has 1 aliphatic rings. The maximum absolute atomic E-state index is 12.6. The quantitative estimate of drug-likeness (QED) is 0.604. The highest BCUT2D eigenvalue weighted by Crippen LogP contribution is 2.21. The molecule has 9 nitrogen and oxygen atoms in total. The number of fused-ring (bicyclic) bond motifs is 1. The number of carbonyl (C=O) groups is 1. The van der Waals surface area contributed by atoms with Gasteiger partial charge in [-0.2, -0.15) is 4.31 Å². The smallest absolute Gasteiger partial charge is 0.349 e. The number of hydrogen-bond donors (Lipinski definition) is 2. The van der Waals surface area contributed by atoms with E-state index < -0.39 is 21.6 Å². The van der Waals surface area contributed by atoms with Gasteiger partial charge in [-0.25, -0.2) is 13.2 Å². The summed E-state index contributed by atoms with van der Waals surface area (Å²) < 4.78 is 36.9. The van der Waals surface area contributed by atoms with Gasteiger partial charge in [-0.15, -0.1) is 0 Å². The Kier molecular flexibility index (Phi) is 5.29. The second-order valence-electron chi connectivity index (χ2n) is 6.66. The van der Waals surface area contributed by atoms with Crippen LogP contribution in [0.1, 0.15) is 10.4 Å². The minimum absolute atomic E-state index is 0.0602.